The molecule has 0 spiro atoms. The molecule has 1 amide bonds. The molecular weight excluding hydrogens is 509 g/mol. The lowest BCUT2D eigenvalue weighted by Crippen LogP contribution is -2.46. The number of likely N-dealkylation sites (tertiary alicyclic amines) is 1. The Morgan fingerprint density at radius 3 is 2.61 bits per heavy atom. The minimum Gasteiger partial charge on any atom is -0.453 e. The van der Waals surface area contributed by atoms with Gasteiger partial charge in [-0.1, -0.05) is 23.2 Å². The Kier molecular flexibility index (Phi) is 6.32. The number of carbonyl (C=O) groups is 2. The van der Waals surface area contributed by atoms with E-state index in [1.165, 1.54) is 6.07 Å². The number of piperidine rings is 1. The van der Waals surface area contributed by atoms with Crippen LogP contribution in [0.1, 0.15) is 58.2 Å². The van der Waals surface area contributed by atoms with Gasteiger partial charge in [-0.05, 0) is 62.9 Å². The lowest BCUT2D eigenvalue weighted by Gasteiger charge is -2.31. The fourth-order valence-electron chi connectivity index (χ4n) is 5.24. The van der Waals surface area contributed by atoms with E-state index in [9.17, 15) is 18.8 Å². The Bertz CT molecular complexity index is 1650. The lowest BCUT2D eigenvalue weighted by atomic mass is 10.0. The fraction of sp³-hybridized carbons (Fsp3) is 0.345. The summed E-state index contributed by atoms with van der Waals surface area (Å²) in [6, 6.07) is 10.2. The molecule has 38 heavy (non-hydrogen) atoms. The van der Waals surface area contributed by atoms with Crippen molar-refractivity contribution in [3.8, 4) is 0 Å². The highest BCUT2D eigenvalue weighted by Crippen LogP contribution is 2.37. The average molecular weight is 536 g/mol. The van der Waals surface area contributed by atoms with Gasteiger partial charge in [-0.2, -0.15) is 0 Å². The Balaban J connectivity index is 1.12. The molecular formula is C29H27ClFN3O4. The van der Waals surface area contributed by atoms with Gasteiger partial charge < -0.3 is 14.3 Å². The number of nitrogens with zero attached hydrogens (tertiary/aromatic N) is 2. The van der Waals surface area contributed by atoms with Crippen molar-refractivity contribution in [1.82, 2.24) is 14.8 Å². The molecule has 1 N–H and O–H groups in total. The van der Waals surface area contributed by atoms with Gasteiger partial charge >= 0.3 is 0 Å². The number of aromatic nitrogens is 1. The van der Waals surface area contributed by atoms with E-state index in [-0.39, 0.29) is 40.4 Å². The maximum absolute atomic E-state index is 14.2. The van der Waals surface area contributed by atoms with Crippen molar-refractivity contribution in [2.24, 2.45) is 0 Å². The van der Waals surface area contributed by atoms with Crippen LogP contribution < -0.4 is 10.7 Å². The molecule has 0 radical (unpaired) electrons. The van der Waals surface area contributed by atoms with Gasteiger partial charge in [0.1, 0.15) is 17.0 Å². The van der Waals surface area contributed by atoms with E-state index < -0.39 is 17.2 Å². The molecule has 7 nitrogen and oxygen atoms in total. The highest BCUT2D eigenvalue weighted by Gasteiger charge is 2.29. The van der Waals surface area contributed by atoms with Gasteiger partial charge in [0.05, 0.1) is 17.1 Å². The second-order valence-electron chi connectivity index (χ2n) is 10.4. The van der Waals surface area contributed by atoms with Crippen LogP contribution in [-0.4, -0.2) is 46.8 Å². The number of aryl methyl sites for hydroxylation is 1. The van der Waals surface area contributed by atoms with Gasteiger partial charge in [-0.3, -0.25) is 19.3 Å². The number of hydrogen-bond donors (Lipinski definition) is 1. The number of furan rings is 1. The molecule has 3 heterocycles. The summed E-state index contributed by atoms with van der Waals surface area (Å²) in [5.74, 6) is -0.878. The van der Waals surface area contributed by atoms with Gasteiger partial charge in [0.2, 0.25) is 11.2 Å². The SMILES string of the molecule is Cc1ccc2oc(C(=O)CN3CCC(NC(=O)c4cn(C5CC5)c5cc(Cl)c(F)cc5c4=O)CC3)cc2c1. The number of Topliss-reactive ketones (excluding diaryl/α,β-unsaturated/α-hetero) is 1. The standard InChI is InChI=1S/C29H27ClFN3O4/c1-16-2-5-26-17(10-16)11-27(38-26)25(35)15-33-8-6-18(7-9-33)32-29(37)21-14-34(19-3-4-19)24-13-22(30)23(31)12-20(24)28(21)36/h2,5,10-14,18-19H,3-4,6-9,15H2,1H3,(H,32,37). The molecule has 196 valence electrons. The second kappa shape index (κ2) is 9.67. The van der Waals surface area contributed by atoms with Crippen molar-refractivity contribution < 1.29 is 18.4 Å². The van der Waals surface area contributed by atoms with Crippen LogP contribution in [0.3, 0.4) is 0 Å². The molecule has 2 aromatic heterocycles. The van der Waals surface area contributed by atoms with Gasteiger partial charge in [0.15, 0.2) is 5.76 Å². The summed E-state index contributed by atoms with van der Waals surface area (Å²) in [5, 5.41) is 3.99. The number of benzene rings is 2. The van der Waals surface area contributed by atoms with E-state index in [1.54, 1.807) is 12.3 Å². The molecule has 0 bridgehead atoms. The molecule has 2 aromatic carbocycles. The fourth-order valence-corrected chi connectivity index (χ4v) is 5.40. The zero-order valence-electron chi connectivity index (χ0n) is 20.9. The first-order valence-corrected chi connectivity index (χ1v) is 13.2. The lowest BCUT2D eigenvalue weighted by molar-refractivity contribution is 0.0843. The number of halogens is 2. The third-order valence-corrected chi connectivity index (χ3v) is 7.79. The summed E-state index contributed by atoms with van der Waals surface area (Å²) in [6.45, 7) is 3.49. The first-order valence-electron chi connectivity index (χ1n) is 12.9. The predicted molar refractivity (Wildman–Crippen MR) is 144 cm³/mol. The molecule has 9 heteroatoms. The molecule has 1 saturated carbocycles. The highest BCUT2D eigenvalue weighted by molar-refractivity contribution is 6.31. The number of carbonyl (C=O) groups excluding carboxylic acids is 2. The van der Waals surface area contributed by atoms with Crippen molar-refractivity contribution in [2.75, 3.05) is 19.6 Å². The van der Waals surface area contributed by atoms with E-state index >= 15 is 0 Å². The smallest absolute Gasteiger partial charge is 0.256 e. The molecule has 1 aliphatic heterocycles. The maximum Gasteiger partial charge on any atom is 0.256 e. The van der Waals surface area contributed by atoms with E-state index in [0.29, 0.717) is 42.8 Å². The Morgan fingerprint density at radius 2 is 1.87 bits per heavy atom. The number of fused-ring (bicyclic) bond motifs is 2. The van der Waals surface area contributed by atoms with Crippen molar-refractivity contribution in [2.45, 2.75) is 44.7 Å². The van der Waals surface area contributed by atoms with Crippen LogP contribution in [0.5, 0.6) is 0 Å². The minimum absolute atomic E-state index is 0.00357. The zero-order valence-corrected chi connectivity index (χ0v) is 21.7. The first kappa shape index (κ1) is 24.8. The van der Waals surface area contributed by atoms with Crippen LogP contribution in [-0.2, 0) is 0 Å². The summed E-state index contributed by atoms with van der Waals surface area (Å²) < 4.78 is 21.8. The second-order valence-corrected chi connectivity index (χ2v) is 10.8. The van der Waals surface area contributed by atoms with Crippen molar-refractivity contribution in [1.29, 1.82) is 0 Å². The summed E-state index contributed by atoms with van der Waals surface area (Å²) >= 11 is 5.97. The predicted octanol–water partition coefficient (Wildman–Crippen LogP) is 5.26. The Morgan fingerprint density at radius 1 is 1.11 bits per heavy atom. The van der Waals surface area contributed by atoms with Gasteiger partial charge in [-0.25, -0.2) is 4.39 Å². The van der Waals surface area contributed by atoms with Gasteiger partial charge in [0, 0.05) is 42.1 Å². The minimum atomic E-state index is -0.684. The molecule has 1 saturated heterocycles. The van der Waals surface area contributed by atoms with Crippen LogP contribution in [0.2, 0.25) is 5.02 Å². The monoisotopic (exact) mass is 535 g/mol. The summed E-state index contributed by atoms with van der Waals surface area (Å²) in [7, 11) is 0. The number of hydrogen-bond acceptors (Lipinski definition) is 5. The number of rotatable bonds is 6. The number of amides is 1. The molecule has 6 rings (SSSR count). The number of ketones is 1. The van der Waals surface area contributed by atoms with Crippen molar-refractivity contribution >= 4 is 45.2 Å². The number of pyridine rings is 1. The third-order valence-electron chi connectivity index (χ3n) is 7.50. The zero-order chi connectivity index (χ0) is 26.6. The Labute approximate surface area is 223 Å². The molecule has 0 atom stereocenters. The van der Waals surface area contributed by atoms with E-state index in [2.05, 4.69) is 5.32 Å². The molecule has 2 fully saturated rings. The molecule has 2 aliphatic rings. The van der Waals surface area contributed by atoms with E-state index in [4.69, 9.17) is 16.0 Å². The average Bonchev–Trinajstić information content (AvgIpc) is 3.64. The molecule has 4 aromatic rings. The number of nitrogens with one attached hydrogen (secondary N) is 1. The summed E-state index contributed by atoms with van der Waals surface area (Å²) in [4.78, 5) is 41.1. The quantitative estimate of drug-likeness (QED) is 0.340. The summed E-state index contributed by atoms with van der Waals surface area (Å²) in [6.07, 6.45) is 4.73. The van der Waals surface area contributed by atoms with Crippen LogP contribution in [0, 0.1) is 12.7 Å². The van der Waals surface area contributed by atoms with E-state index in [0.717, 1.165) is 29.9 Å². The Hall–Kier alpha value is -3.49. The molecule has 0 unspecified atom stereocenters. The highest BCUT2D eigenvalue weighted by atomic mass is 35.5. The normalized spacial score (nSPS) is 16.8. The maximum atomic E-state index is 14.2. The third kappa shape index (κ3) is 4.74. The van der Waals surface area contributed by atoms with Crippen LogP contribution in [0.25, 0.3) is 21.9 Å². The van der Waals surface area contributed by atoms with Crippen LogP contribution >= 0.6 is 11.6 Å². The summed E-state index contributed by atoms with van der Waals surface area (Å²) in [5.41, 5.74) is 1.84. The molecule has 1 aliphatic carbocycles. The van der Waals surface area contributed by atoms with Crippen molar-refractivity contribution in [3.63, 3.8) is 0 Å². The first-order chi connectivity index (χ1) is 18.3. The van der Waals surface area contributed by atoms with Gasteiger partial charge in [-0.15, -0.1) is 0 Å². The van der Waals surface area contributed by atoms with E-state index in [1.807, 2.05) is 34.6 Å². The van der Waals surface area contributed by atoms with Crippen molar-refractivity contribution in [3.05, 3.63) is 80.5 Å². The topological polar surface area (TPSA) is 84.6 Å². The van der Waals surface area contributed by atoms with Gasteiger partial charge in [0.25, 0.3) is 5.91 Å². The van der Waals surface area contributed by atoms with Crippen LogP contribution in [0.4, 0.5) is 4.39 Å². The van der Waals surface area contributed by atoms with Crippen LogP contribution in [0.15, 0.2) is 51.8 Å². The largest absolute Gasteiger partial charge is 0.453 e.